The number of carbonyl (C=O) groups is 5. The maximum atomic E-state index is 12.3. The summed E-state index contributed by atoms with van der Waals surface area (Å²) in [6.45, 7) is 2.06. The highest BCUT2D eigenvalue weighted by molar-refractivity contribution is 8.00. The number of carboxylic acids is 1. The van der Waals surface area contributed by atoms with Gasteiger partial charge in [-0.3, -0.25) is 33.8 Å². The van der Waals surface area contributed by atoms with Crippen molar-refractivity contribution in [3.63, 3.8) is 0 Å². The minimum absolute atomic E-state index is 0.0484. The second-order valence-corrected chi connectivity index (χ2v) is 9.85. The molecule has 1 saturated heterocycles. The van der Waals surface area contributed by atoms with Crippen LogP contribution in [0.15, 0.2) is 11.6 Å². The topological polar surface area (TPSA) is 140 Å². The van der Waals surface area contributed by atoms with Gasteiger partial charge in [0, 0.05) is 23.8 Å². The van der Waals surface area contributed by atoms with E-state index in [4.69, 9.17) is 19.3 Å². The largest absolute Gasteiger partial charge is 0.481 e. The molecule has 1 atom stereocenters. The van der Waals surface area contributed by atoms with E-state index in [-0.39, 0.29) is 68.5 Å². The Labute approximate surface area is 208 Å². The Morgan fingerprint density at radius 3 is 2.14 bits per heavy atom. The van der Waals surface area contributed by atoms with Crippen LogP contribution in [-0.4, -0.2) is 108 Å². The fourth-order valence-corrected chi connectivity index (χ4v) is 4.82. The number of hydrogen-bond donors (Lipinski definition) is 1. The first kappa shape index (κ1) is 27.3. The summed E-state index contributed by atoms with van der Waals surface area (Å²) in [5.74, 6) is -1.14. The average molecular weight is 513 g/mol. The molecule has 3 rings (SSSR count). The number of rotatable bonds is 18. The smallest absolute Gasteiger partial charge is 0.304 e. The molecule has 0 aromatic heterocycles. The number of imide groups is 2. The third-order valence-corrected chi connectivity index (χ3v) is 7.00. The van der Waals surface area contributed by atoms with Crippen LogP contribution in [0.25, 0.3) is 0 Å². The number of nitrogens with zero attached hydrogens (tertiary/aromatic N) is 2. The molecule has 4 amide bonds. The lowest BCUT2D eigenvalue weighted by atomic mass is 10.1. The fraction of sp³-hybridized carbons (Fsp3) is 0.696. The van der Waals surface area contributed by atoms with Gasteiger partial charge in [-0.05, 0) is 25.2 Å². The minimum atomic E-state index is -0.932. The van der Waals surface area contributed by atoms with E-state index in [0.717, 1.165) is 17.7 Å². The zero-order chi connectivity index (χ0) is 25.2. The van der Waals surface area contributed by atoms with Gasteiger partial charge in [-0.1, -0.05) is 0 Å². The Balaban J connectivity index is 1.14. The summed E-state index contributed by atoms with van der Waals surface area (Å²) in [5.41, 5.74) is 0.605. The Bertz CT molecular complexity index is 843. The molecule has 0 aromatic carbocycles. The van der Waals surface area contributed by atoms with E-state index >= 15 is 0 Å². The lowest BCUT2D eigenvalue weighted by molar-refractivity contribution is -0.140. The molecule has 12 heteroatoms. The van der Waals surface area contributed by atoms with Crippen molar-refractivity contribution in [3.8, 4) is 0 Å². The first-order chi connectivity index (χ1) is 16.9. The summed E-state index contributed by atoms with van der Waals surface area (Å²) in [6, 6.07) is 0. The number of thioether (sulfide) groups is 1. The standard InChI is InChI=1S/C23H32N2O9S/c26-19-14-17(13-16-1-2-16)22(30)24(19)4-6-32-8-10-34-11-9-33-7-5-25-20(27)15-18(23(25)31)35-12-3-21(28)29/h14,16,18H,1-13,15H2,(H,28,29). The van der Waals surface area contributed by atoms with Crippen LogP contribution in [0.2, 0.25) is 0 Å². The molecule has 1 aliphatic carbocycles. The molecule has 11 nitrogen and oxygen atoms in total. The summed E-state index contributed by atoms with van der Waals surface area (Å²) in [4.78, 5) is 61.4. The van der Waals surface area contributed by atoms with E-state index in [1.807, 2.05) is 0 Å². The molecular weight excluding hydrogens is 480 g/mol. The summed E-state index contributed by atoms with van der Waals surface area (Å²) in [6.07, 6.45) is 4.43. The summed E-state index contributed by atoms with van der Waals surface area (Å²) >= 11 is 1.19. The number of likely N-dealkylation sites (tertiary alicyclic amines) is 1. The number of amides is 4. The van der Waals surface area contributed by atoms with Crippen LogP contribution in [0.1, 0.15) is 32.1 Å². The van der Waals surface area contributed by atoms with Gasteiger partial charge >= 0.3 is 5.97 Å². The second-order valence-electron chi connectivity index (χ2n) is 8.54. The Hall–Kier alpha value is -2.28. The highest BCUT2D eigenvalue weighted by Gasteiger charge is 2.38. The molecular formula is C23H32N2O9S. The van der Waals surface area contributed by atoms with Crippen LogP contribution < -0.4 is 0 Å². The first-order valence-corrected chi connectivity index (χ1v) is 12.9. The monoisotopic (exact) mass is 512 g/mol. The molecule has 194 valence electrons. The normalized spacial score (nSPS) is 20.3. The number of carboxylic acid groups (broad SMARTS) is 1. The number of hydrogen-bond acceptors (Lipinski definition) is 9. The molecule has 1 unspecified atom stereocenters. The van der Waals surface area contributed by atoms with E-state index in [1.165, 1.54) is 22.7 Å². The number of aliphatic carboxylic acids is 1. The third-order valence-electron chi connectivity index (χ3n) is 5.79. The van der Waals surface area contributed by atoms with Gasteiger partial charge in [0.1, 0.15) is 0 Å². The van der Waals surface area contributed by atoms with Crippen LogP contribution in [0.3, 0.4) is 0 Å². The molecule has 0 radical (unpaired) electrons. The van der Waals surface area contributed by atoms with Crippen molar-refractivity contribution < 1.29 is 43.3 Å². The van der Waals surface area contributed by atoms with Gasteiger partial charge in [-0.25, -0.2) is 0 Å². The van der Waals surface area contributed by atoms with Crippen molar-refractivity contribution in [2.24, 2.45) is 5.92 Å². The van der Waals surface area contributed by atoms with Crippen molar-refractivity contribution in [1.82, 2.24) is 9.80 Å². The van der Waals surface area contributed by atoms with Gasteiger partial charge in [-0.2, -0.15) is 0 Å². The van der Waals surface area contributed by atoms with Gasteiger partial charge in [0.2, 0.25) is 11.8 Å². The van der Waals surface area contributed by atoms with Crippen LogP contribution in [0.4, 0.5) is 0 Å². The van der Waals surface area contributed by atoms with Gasteiger partial charge in [0.15, 0.2) is 0 Å². The van der Waals surface area contributed by atoms with Gasteiger partial charge in [0.05, 0.1) is 64.4 Å². The predicted molar refractivity (Wildman–Crippen MR) is 124 cm³/mol. The molecule has 2 aliphatic heterocycles. The van der Waals surface area contributed by atoms with Crippen LogP contribution in [0, 0.1) is 5.92 Å². The SMILES string of the molecule is O=C(O)CCSC1CC(=O)N(CCOCCOCCOCCN2C(=O)C=C(CC3CC3)C2=O)C1=O. The fourth-order valence-electron chi connectivity index (χ4n) is 3.71. The van der Waals surface area contributed by atoms with E-state index < -0.39 is 11.2 Å². The minimum Gasteiger partial charge on any atom is -0.481 e. The molecule has 2 heterocycles. The molecule has 1 N–H and O–H groups in total. The quantitative estimate of drug-likeness (QED) is 0.204. The molecule has 0 aromatic rings. The summed E-state index contributed by atoms with van der Waals surface area (Å²) in [5, 5.41) is 8.15. The zero-order valence-electron chi connectivity index (χ0n) is 19.6. The predicted octanol–water partition coefficient (Wildman–Crippen LogP) is 0.467. The highest BCUT2D eigenvalue weighted by Crippen LogP contribution is 2.36. The van der Waals surface area contributed by atoms with Gasteiger partial charge < -0.3 is 19.3 Å². The van der Waals surface area contributed by atoms with E-state index in [0.29, 0.717) is 44.3 Å². The van der Waals surface area contributed by atoms with Crippen molar-refractivity contribution in [2.45, 2.75) is 37.4 Å². The summed E-state index contributed by atoms with van der Waals surface area (Å²) < 4.78 is 16.3. The molecule has 1 saturated carbocycles. The average Bonchev–Trinajstić information content (AvgIpc) is 3.54. The van der Waals surface area contributed by atoms with Gasteiger partial charge in [-0.15, -0.1) is 11.8 Å². The molecule has 0 spiro atoms. The maximum Gasteiger partial charge on any atom is 0.304 e. The van der Waals surface area contributed by atoms with Crippen LogP contribution >= 0.6 is 11.8 Å². The Morgan fingerprint density at radius 1 is 0.943 bits per heavy atom. The van der Waals surface area contributed by atoms with E-state index in [1.54, 1.807) is 0 Å². The zero-order valence-corrected chi connectivity index (χ0v) is 20.5. The number of carbonyl (C=O) groups excluding carboxylic acids is 4. The maximum absolute atomic E-state index is 12.3. The van der Waals surface area contributed by atoms with Crippen molar-refractivity contribution in [3.05, 3.63) is 11.6 Å². The lowest BCUT2D eigenvalue weighted by Crippen LogP contribution is -2.34. The van der Waals surface area contributed by atoms with Crippen molar-refractivity contribution in [1.29, 1.82) is 0 Å². The third kappa shape index (κ3) is 8.71. The second kappa shape index (κ2) is 13.7. The number of ether oxygens (including phenoxy) is 3. The summed E-state index contributed by atoms with van der Waals surface area (Å²) in [7, 11) is 0. The first-order valence-electron chi connectivity index (χ1n) is 11.8. The Kier molecular flexibility index (Phi) is 10.7. The molecule has 35 heavy (non-hydrogen) atoms. The molecule has 2 fully saturated rings. The van der Waals surface area contributed by atoms with Crippen molar-refractivity contribution in [2.75, 3.05) is 58.5 Å². The lowest BCUT2D eigenvalue weighted by Gasteiger charge is -2.15. The highest BCUT2D eigenvalue weighted by atomic mass is 32.2. The molecule has 0 bridgehead atoms. The van der Waals surface area contributed by atoms with Crippen molar-refractivity contribution >= 4 is 41.4 Å². The van der Waals surface area contributed by atoms with Crippen LogP contribution in [-0.2, 0) is 38.2 Å². The molecule has 3 aliphatic rings. The van der Waals surface area contributed by atoms with E-state index in [2.05, 4.69) is 0 Å². The van der Waals surface area contributed by atoms with Crippen LogP contribution in [0.5, 0.6) is 0 Å². The van der Waals surface area contributed by atoms with Gasteiger partial charge in [0.25, 0.3) is 11.8 Å². The van der Waals surface area contributed by atoms with E-state index in [9.17, 15) is 24.0 Å². The Morgan fingerprint density at radius 2 is 1.54 bits per heavy atom.